The van der Waals surface area contributed by atoms with Crippen LogP contribution in [-0.4, -0.2) is 57.0 Å². The van der Waals surface area contributed by atoms with Crippen molar-refractivity contribution in [1.29, 1.82) is 0 Å². The quantitative estimate of drug-likeness (QED) is 0.113. The van der Waals surface area contributed by atoms with Gasteiger partial charge in [0, 0.05) is 0 Å². The molecule has 1 fully saturated rings. The number of aliphatic hydroxyl groups is 3. The van der Waals surface area contributed by atoms with Crippen LogP contribution in [-0.2, 0) is 9.53 Å². The van der Waals surface area contributed by atoms with Gasteiger partial charge in [-0.2, -0.15) is 0 Å². The Morgan fingerprint density at radius 1 is 1.24 bits per heavy atom. The molecule has 0 aliphatic carbocycles. The summed E-state index contributed by atoms with van der Waals surface area (Å²) in [5.74, 6) is 4.04. The molecule has 0 saturated carbocycles. The molecule has 0 radical (unpaired) electrons. The first-order chi connectivity index (χ1) is 7.88. The zero-order valence-corrected chi connectivity index (χ0v) is 9.42. The Hall–Kier alpha value is -1.04. The van der Waals surface area contributed by atoms with E-state index < -0.39 is 36.6 Å². The maximum absolute atomic E-state index is 11.3. The Morgan fingerprint density at radius 3 is 2.29 bits per heavy atom. The molecule has 0 aromatic heterocycles. The van der Waals surface area contributed by atoms with Crippen LogP contribution >= 0.6 is 12.2 Å². The predicted octanol–water partition coefficient (Wildman–Crippen LogP) is -4.38. The van der Waals surface area contributed by atoms with Crippen LogP contribution in [0.25, 0.3) is 0 Å². The van der Waals surface area contributed by atoms with Gasteiger partial charge in [0.15, 0.2) is 17.4 Å². The van der Waals surface area contributed by atoms with Gasteiger partial charge in [0.05, 0.1) is 0 Å². The molecule has 9 nitrogen and oxygen atoms in total. The lowest BCUT2D eigenvalue weighted by molar-refractivity contribution is -0.223. The lowest BCUT2D eigenvalue weighted by Crippen LogP contribution is -2.66. The van der Waals surface area contributed by atoms with E-state index in [0.717, 1.165) is 0 Å². The van der Waals surface area contributed by atoms with E-state index in [1.165, 1.54) is 0 Å². The largest absolute Gasteiger partial charge is 0.387 e. The van der Waals surface area contributed by atoms with Crippen LogP contribution in [0, 0.1) is 0 Å². The van der Waals surface area contributed by atoms with Crippen molar-refractivity contribution in [3.05, 3.63) is 0 Å². The fraction of sp³-hybridized carbons (Fsp3) is 0.714. The first kappa shape index (κ1) is 14.0. The minimum Gasteiger partial charge on any atom is -0.387 e. The molecule has 0 bridgehead atoms. The zero-order chi connectivity index (χ0) is 13.2. The molecule has 1 saturated heterocycles. The smallest absolute Gasteiger partial charge is 0.265 e. The highest BCUT2D eigenvalue weighted by molar-refractivity contribution is 7.80. The number of carbonyl (C=O) groups is 1. The summed E-state index contributed by atoms with van der Waals surface area (Å²) >= 11 is 4.54. The lowest BCUT2D eigenvalue weighted by Gasteiger charge is -2.39. The zero-order valence-electron chi connectivity index (χ0n) is 8.61. The van der Waals surface area contributed by atoms with Crippen molar-refractivity contribution in [2.24, 2.45) is 11.6 Å². The summed E-state index contributed by atoms with van der Waals surface area (Å²) in [6.45, 7) is 0. The maximum Gasteiger partial charge on any atom is 0.265 e. The van der Waals surface area contributed by atoms with Crippen molar-refractivity contribution in [2.75, 3.05) is 0 Å². The van der Waals surface area contributed by atoms with Crippen LogP contribution in [0.4, 0.5) is 0 Å². The van der Waals surface area contributed by atoms with Crippen LogP contribution in [0.1, 0.15) is 0 Å². The highest BCUT2D eigenvalue weighted by atomic mass is 32.1. The summed E-state index contributed by atoms with van der Waals surface area (Å²) in [6.07, 6.45) is -7.36. The molecule has 0 unspecified atom stereocenters. The van der Waals surface area contributed by atoms with E-state index in [2.05, 4.69) is 17.5 Å². The van der Waals surface area contributed by atoms with Gasteiger partial charge in [-0.3, -0.25) is 10.2 Å². The van der Waals surface area contributed by atoms with E-state index >= 15 is 0 Å². The summed E-state index contributed by atoms with van der Waals surface area (Å²) in [6, 6.07) is 0. The van der Waals surface area contributed by atoms with Crippen molar-refractivity contribution in [3.63, 3.8) is 0 Å². The molecule has 5 atom stereocenters. The van der Waals surface area contributed by atoms with Gasteiger partial charge >= 0.3 is 0 Å². The minimum atomic E-state index is -1.61. The summed E-state index contributed by atoms with van der Waals surface area (Å²) in [7, 11) is 0. The van der Waals surface area contributed by atoms with Gasteiger partial charge in [0.1, 0.15) is 18.3 Å². The van der Waals surface area contributed by atoms with E-state index in [1.54, 1.807) is 5.43 Å². The Bertz CT molecular complexity index is 317. The highest BCUT2D eigenvalue weighted by Gasteiger charge is 2.46. The lowest BCUT2D eigenvalue weighted by atomic mass is 9.97. The number of rotatable bonds is 2. The van der Waals surface area contributed by atoms with Gasteiger partial charge in [-0.05, 0) is 12.2 Å². The van der Waals surface area contributed by atoms with Crippen molar-refractivity contribution < 1.29 is 24.9 Å². The summed E-state index contributed by atoms with van der Waals surface area (Å²) < 4.78 is 5.01. The van der Waals surface area contributed by atoms with E-state index in [0.29, 0.717) is 0 Å². The molecule has 1 aliphatic rings. The summed E-state index contributed by atoms with van der Waals surface area (Å²) in [4.78, 5) is 11.3. The number of nitrogens with two attached hydrogens (primary N) is 2. The number of hydrazine groups is 1. The molecule has 1 heterocycles. The van der Waals surface area contributed by atoms with Crippen molar-refractivity contribution in [2.45, 2.75) is 30.6 Å². The molecular formula is C7H14N4O5S. The first-order valence-electron chi connectivity index (χ1n) is 4.64. The van der Waals surface area contributed by atoms with E-state index in [9.17, 15) is 20.1 Å². The van der Waals surface area contributed by atoms with Crippen LogP contribution < -0.4 is 22.3 Å². The van der Waals surface area contributed by atoms with Crippen LogP contribution in [0.15, 0.2) is 0 Å². The van der Waals surface area contributed by atoms with E-state index in [-0.39, 0.29) is 5.11 Å². The number of ether oxygens (including phenoxy) is 1. The Labute approximate surface area is 102 Å². The molecule has 98 valence electrons. The normalized spacial score (nSPS) is 37.3. The molecule has 9 N–H and O–H groups in total. The van der Waals surface area contributed by atoms with Gasteiger partial charge in [-0.1, -0.05) is 0 Å². The van der Waals surface area contributed by atoms with Gasteiger partial charge in [0.2, 0.25) is 0 Å². The van der Waals surface area contributed by atoms with Gasteiger partial charge in [-0.15, -0.1) is 0 Å². The van der Waals surface area contributed by atoms with Crippen LogP contribution in [0.5, 0.6) is 0 Å². The molecule has 0 aromatic rings. The summed E-state index contributed by atoms with van der Waals surface area (Å²) in [5, 5.41) is 30.7. The molecule has 1 aliphatic heterocycles. The second-order valence-electron chi connectivity index (χ2n) is 3.47. The number of nitrogens with one attached hydrogen (secondary N) is 2. The molecule has 17 heavy (non-hydrogen) atoms. The Kier molecular flexibility index (Phi) is 4.56. The summed E-state index contributed by atoms with van der Waals surface area (Å²) in [5.41, 5.74) is 6.95. The monoisotopic (exact) mass is 266 g/mol. The van der Waals surface area contributed by atoms with E-state index in [1.807, 2.05) is 0 Å². The molecule has 1 rings (SSSR count). The topological polar surface area (TPSA) is 163 Å². The van der Waals surface area contributed by atoms with Crippen molar-refractivity contribution >= 4 is 23.2 Å². The first-order valence-corrected chi connectivity index (χ1v) is 5.05. The van der Waals surface area contributed by atoms with Crippen LogP contribution in [0.3, 0.4) is 0 Å². The number of carbonyl (C=O) groups excluding carboxylic acids is 1. The van der Waals surface area contributed by atoms with Gasteiger partial charge in [-0.25, -0.2) is 5.84 Å². The van der Waals surface area contributed by atoms with E-state index in [4.69, 9.17) is 16.3 Å². The average Bonchev–Trinajstić information content (AvgIpc) is 2.28. The fourth-order valence-corrected chi connectivity index (χ4v) is 1.55. The predicted molar refractivity (Wildman–Crippen MR) is 58.9 cm³/mol. The third kappa shape index (κ3) is 3.00. The third-order valence-corrected chi connectivity index (χ3v) is 2.42. The molecular weight excluding hydrogens is 252 g/mol. The number of aliphatic hydroxyl groups excluding tert-OH is 3. The van der Waals surface area contributed by atoms with Crippen LogP contribution in [0.2, 0.25) is 0 Å². The molecule has 0 aromatic carbocycles. The number of thiocarbonyl (C=S) groups is 1. The third-order valence-electron chi connectivity index (χ3n) is 2.30. The minimum absolute atomic E-state index is 0.190. The average molecular weight is 266 g/mol. The number of hydrogen-bond acceptors (Lipinski definition) is 7. The fourth-order valence-electron chi connectivity index (χ4n) is 1.44. The second kappa shape index (κ2) is 5.53. The highest BCUT2D eigenvalue weighted by Crippen LogP contribution is 2.19. The number of hydrogen-bond donors (Lipinski definition) is 7. The Morgan fingerprint density at radius 2 is 1.82 bits per heavy atom. The second-order valence-corrected chi connectivity index (χ2v) is 3.91. The van der Waals surface area contributed by atoms with Gasteiger partial charge in [0.25, 0.3) is 5.91 Å². The molecule has 10 heteroatoms. The van der Waals surface area contributed by atoms with Crippen molar-refractivity contribution in [1.82, 2.24) is 10.7 Å². The Balaban J connectivity index is 2.82. The van der Waals surface area contributed by atoms with Gasteiger partial charge < -0.3 is 31.1 Å². The molecule has 1 amide bonds. The SMILES string of the molecule is NNC(=O)[C@H]1O[C@@H](NC(N)=S)[C@H](O)[C@@H](O)[C@@H]1O. The maximum atomic E-state index is 11.3. The number of amides is 1. The molecule has 0 spiro atoms. The van der Waals surface area contributed by atoms with Crippen molar-refractivity contribution in [3.8, 4) is 0 Å². The standard InChI is InChI=1S/C7H14N4O5S/c8-7(17)10-6-3(14)1(12)2(13)4(16-6)5(15)11-9/h1-4,6,12-14H,9H2,(H,11,15)(H3,8,10,17)/t1-,2-,3+,4-,6+/m0/s1.